The Labute approximate surface area is 154 Å². The Kier molecular flexibility index (Phi) is 5.02. The van der Waals surface area contributed by atoms with Gasteiger partial charge in [0.1, 0.15) is 5.78 Å². The third-order valence-corrected chi connectivity index (χ3v) is 12.0. The average molecular weight is 369 g/mol. The predicted octanol–water partition coefficient (Wildman–Crippen LogP) is 4.68. The van der Waals surface area contributed by atoms with Gasteiger partial charge in [-0.3, -0.25) is 4.79 Å². The number of ether oxygens (including phenoxy) is 2. The van der Waals surface area contributed by atoms with Gasteiger partial charge in [0.05, 0.1) is 13.2 Å². The number of fused-ring (bicyclic) bond motifs is 2. The molecule has 1 spiro atoms. The van der Waals surface area contributed by atoms with Crippen LogP contribution in [0.4, 0.5) is 0 Å². The SMILES string of the molecule is CC(C)(C)[Si](C)(C)O[C@H]1CC[C@@]2(C)[C@H]1CC(=O)CCCC21OCCO1. The van der Waals surface area contributed by atoms with E-state index in [9.17, 15) is 4.79 Å². The maximum absolute atomic E-state index is 12.5. The molecule has 1 aliphatic heterocycles. The van der Waals surface area contributed by atoms with Gasteiger partial charge in [-0.1, -0.05) is 27.7 Å². The van der Waals surface area contributed by atoms with E-state index < -0.39 is 14.1 Å². The molecule has 2 aliphatic carbocycles. The molecular weight excluding hydrogens is 332 g/mol. The lowest BCUT2D eigenvalue weighted by Gasteiger charge is -2.49. The molecular formula is C20H36O4Si. The zero-order chi connectivity index (χ0) is 18.5. The lowest BCUT2D eigenvalue weighted by atomic mass is 9.67. The number of hydrogen-bond acceptors (Lipinski definition) is 4. The molecule has 0 N–H and O–H groups in total. The van der Waals surface area contributed by atoms with Crippen molar-refractivity contribution in [2.24, 2.45) is 11.3 Å². The van der Waals surface area contributed by atoms with Gasteiger partial charge in [-0.2, -0.15) is 0 Å². The fraction of sp³-hybridized carbons (Fsp3) is 0.950. The maximum Gasteiger partial charge on any atom is 0.192 e. The first kappa shape index (κ1) is 19.5. The molecule has 0 aromatic heterocycles. The molecule has 1 heterocycles. The average Bonchev–Trinajstić information content (AvgIpc) is 3.07. The largest absolute Gasteiger partial charge is 0.414 e. The molecule has 3 rings (SSSR count). The van der Waals surface area contributed by atoms with E-state index in [0.29, 0.717) is 31.8 Å². The van der Waals surface area contributed by atoms with Gasteiger partial charge in [-0.05, 0) is 37.4 Å². The fourth-order valence-electron chi connectivity index (χ4n) is 4.84. The Morgan fingerprint density at radius 1 is 1.16 bits per heavy atom. The zero-order valence-corrected chi connectivity index (χ0v) is 17.9. The van der Waals surface area contributed by atoms with Gasteiger partial charge in [0.15, 0.2) is 14.1 Å². The van der Waals surface area contributed by atoms with Crippen LogP contribution >= 0.6 is 0 Å². The monoisotopic (exact) mass is 368 g/mol. The summed E-state index contributed by atoms with van der Waals surface area (Å²) in [5.74, 6) is 0.0755. The van der Waals surface area contributed by atoms with Gasteiger partial charge in [0, 0.05) is 36.7 Å². The van der Waals surface area contributed by atoms with Crippen molar-refractivity contribution in [3.63, 3.8) is 0 Å². The summed E-state index contributed by atoms with van der Waals surface area (Å²) in [4.78, 5) is 12.5. The molecule has 4 nitrogen and oxygen atoms in total. The van der Waals surface area contributed by atoms with Crippen molar-refractivity contribution in [2.45, 2.75) is 96.2 Å². The minimum absolute atomic E-state index is 0.132. The van der Waals surface area contributed by atoms with E-state index >= 15 is 0 Å². The van der Waals surface area contributed by atoms with Crippen LogP contribution in [0.15, 0.2) is 0 Å². The van der Waals surface area contributed by atoms with E-state index in [4.69, 9.17) is 13.9 Å². The lowest BCUT2D eigenvalue weighted by Crippen LogP contribution is -2.54. The molecule has 5 heteroatoms. The number of rotatable bonds is 2. The lowest BCUT2D eigenvalue weighted by molar-refractivity contribution is -0.253. The van der Waals surface area contributed by atoms with Crippen LogP contribution in [0.2, 0.25) is 18.1 Å². The van der Waals surface area contributed by atoms with Crippen molar-refractivity contribution in [2.75, 3.05) is 13.2 Å². The van der Waals surface area contributed by atoms with Crippen LogP contribution in [-0.4, -0.2) is 39.2 Å². The van der Waals surface area contributed by atoms with E-state index in [2.05, 4.69) is 40.8 Å². The summed E-state index contributed by atoms with van der Waals surface area (Å²) in [5, 5.41) is 0.176. The van der Waals surface area contributed by atoms with E-state index in [1.54, 1.807) is 0 Å². The minimum Gasteiger partial charge on any atom is -0.414 e. The Hall–Kier alpha value is -0.233. The second-order valence-corrected chi connectivity index (χ2v) is 14.8. The van der Waals surface area contributed by atoms with Gasteiger partial charge in [0.25, 0.3) is 0 Å². The van der Waals surface area contributed by atoms with Gasteiger partial charge in [-0.25, -0.2) is 0 Å². The predicted molar refractivity (Wildman–Crippen MR) is 101 cm³/mol. The molecule has 25 heavy (non-hydrogen) atoms. The first-order valence-electron chi connectivity index (χ1n) is 9.98. The van der Waals surface area contributed by atoms with E-state index in [1.165, 1.54) is 0 Å². The van der Waals surface area contributed by atoms with E-state index in [0.717, 1.165) is 25.7 Å². The number of Topliss-reactive ketones (excluding diaryl/α,β-unsaturated/α-hetero) is 1. The van der Waals surface area contributed by atoms with Crippen LogP contribution in [0.25, 0.3) is 0 Å². The maximum atomic E-state index is 12.5. The molecule has 0 radical (unpaired) electrons. The second-order valence-electron chi connectivity index (χ2n) is 10.0. The Balaban J connectivity index is 1.90. The summed E-state index contributed by atoms with van der Waals surface area (Å²) in [6, 6.07) is 0. The highest BCUT2D eigenvalue weighted by Crippen LogP contribution is 2.59. The van der Waals surface area contributed by atoms with Crippen molar-refractivity contribution in [1.29, 1.82) is 0 Å². The minimum atomic E-state index is -1.87. The van der Waals surface area contributed by atoms with Crippen LogP contribution < -0.4 is 0 Å². The quantitative estimate of drug-likeness (QED) is 0.664. The third kappa shape index (κ3) is 3.26. The molecule has 3 fully saturated rings. The van der Waals surface area contributed by atoms with Crippen molar-refractivity contribution in [3.05, 3.63) is 0 Å². The molecule has 1 saturated heterocycles. The fourth-order valence-corrected chi connectivity index (χ4v) is 6.24. The smallest absolute Gasteiger partial charge is 0.192 e. The topological polar surface area (TPSA) is 44.8 Å². The summed E-state index contributed by atoms with van der Waals surface area (Å²) in [6.07, 6.45) is 5.14. The van der Waals surface area contributed by atoms with Crippen molar-refractivity contribution in [3.8, 4) is 0 Å². The number of ketones is 1. The van der Waals surface area contributed by atoms with Crippen molar-refractivity contribution >= 4 is 14.1 Å². The summed E-state index contributed by atoms with van der Waals surface area (Å²) < 4.78 is 19.3. The van der Waals surface area contributed by atoms with Gasteiger partial charge in [0.2, 0.25) is 0 Å². The summed E-state index contributed by atoms with van der Waals surface area (Å²) in [7, 11) is -1.87. The Morgan fingerprint density at radius 2 is 1.80 bits per heavy atom. The molecule has 0 unspecified atom stereocenters. The summed E-state index contributed by atoms with van der Waals surface area (Å²) in [6.45, 7) is 15.1. The summed E-state index contributed by atoms with van der Waals surface area (Å²) in [5.41, 5.74) is -0.132. The molecule has 3 aliphatic rings. The van der Waals surface area contributed by atoms with E-state index in [1.807, 2.05) is 0 Å². The van der Waals surface area contributed by atoms with Crippen LogP contribution in [0.1, 0.15) is 66.2 Å². The Morgan fingerprint density at radius 3 is 2.40 bits per heavy atom. The van der Waals surface area contributed by atoms with Crippen molar-refractivity contribution in [1.82, 2.24) is 0 Å². The van der Waals surface area contributed by atoms with Gasteiger partial charge in [-0.15, -0.1) is 0 Å². The molecule has 0 aromatic carbocycles. The first-order chi connectivity index (χ1) is 11.5. The number of carbonyl (C=O) groups is 1. The van der Waals surface area contributed by atoms with Crippen LogP contribution in [0.3, 0.4) is 0 Å². The summed E-state index contributed by atoms with van der Waals surface area (Å²) >= 11 is 0. The molecule has 0 aromatic rings. The second kappa shape index (κ2) is 6.43. The van der Waals surface area contributed by atoms with Gasteiger partial charge < -0.3 is 13.9 Å². The first-order valence-corrected chi connectivity index (χ1v) is 12.9. The third-order valence-electron chi connectivity index (χ3n) is 7.50. The van der Waals surface area contributed by atoms with Crippen LogP contribution in [-0.2, 0) is 18.7 Å². The van der Waals surface area contributed by atoms with Crippen molar-refractivity contribution < 1.29 is 18.7 Å². The molecule has 0 amide bonds. The molecule has 3 atom stereocenters. The highest BCUT2D eigenvalue weighted by Gasteiger charge is 2.62. The molecule has 0 bridgehead atoms. The van der Waals surface area contributed by atoms with E-state index in [-0.39, 0.29) is 22.5 Å². The van der Waals surface area contributed by atoms with Crippen LogP contribution in [0.5, 0.6) is 0 Å². The standard InChI is InChI=1S/C20H36O4Si/c1-18(2,3)25(5,6)24-17-9-11-19(4)16(17)14-15(21)8-7-10-20(19)22-12-13-23-20/h16-17H,7-14H2,1-6H3/t16-,17-,19-/m0/s1. The van der Waals surface area contributed by atoms with Crippen LogP contribution in [0, 0.1) is 11.3 Å². The molecule has 144 valence electrons. The Bertz CT molecular complexity index is 518. The van der Waals surface area contributed by atoms with Gasteiger partial charge >= 0.3 is 0 Å². The number of carbonyl (C=O) groups excluding carboxylic acids is 1. The highest BCUT2D eigenvalue weighted by molar-refractivity contribution is 6.74. The number of hydrogen-bond donors (Lipinski definition) is 0. The molecule has 2 saturated carbocycles. The normalized spacial score (nSPS) is 36.3. The highest BCUT2D eigenvalue weighted by atomic mass is 28.4. The zero-order valence-electron chi connectivity index (χ0n) is 16.9.